The fourth-order valence-corrected chi connectivity index (χ4v) is 18.9. The van der Waals surface area contributed by atoms with Gasteiger partial charge in [0.25, 0.3) is 20.1 Å². The van der Waals surface area contributed by atoms with Gasteiger partial charge in [-0.25, -0.2) is 0 Å². The lowest BCUT2D eigenvalue weighted by Gasteiger charge is -2.53. The van der Waals surface area contributed by atoms with Crippen molar-refractivity contribution in [3.05, 3.63) is 225 Å². The minimum Gasteiger partial charge on any atom is -0.457 e. The molecule has 16 atom stereocenters. The van der Waals surface area contributed by atoms with Gasteiger partial charge in [-0.1, -0.05) is 216 Å². The molecule has 6 aromatic carbocycles. The van der Waals surface area contributed by atoms with Gasteiger partial charge >= 0.3 is 5.97 Å². The lowest BCUT2D eigenvalue weighted by atomic mass is 9.92. The maximum absolute atomic E-state index is 15.2. The van der Waals surface area contributed by atoms with Gasteiger partial charge in [-0.05, 0) is 67.9 Å². The second-order valence-corrected chi connectivity index (χ2v) is 36.4. The number of benzene rings is 6. The number of azide groups is 2. The topological polar surface area (TPSA) is 272 Å². The van der Waals surface area contributed by atoms with Crippen molar-refractivity contribution in [3.63, 3.8) is 0 Å². The summed E-state index contributed by atoms with van der Waals surface area (Å²) >= 11 is 0. The first-order chi connectivity index (χ1) is 46.7. The summed E-state index contributed by atoms with van der Waals surface area (Å²) in [5.74, 6) is -2.00. The summed E-state index contributed by atoms with van der Waals surface area (Å²) in [4.78, 5) is 51.9. The number of hydrogen-bond donors (Lipinski definition) is 0. The van der Waals surface area contributed by atoms with Gasteiger partial charge in [-0.2, -0.15) is 0 Å². The molecular formula is C72H85N7O16Si2. The molecule has 11 rings (SSSR count). The van der Waals surface area contributed by atoms with Crippen LogP contribution < -0.4 is 10.4 Å². The molecule has 5 aliphatic rings. The van der Waals surface area contributed by atoms with E-state index in [1.54, 1.807) is 24.3 Å². The summed E-state index contributed by atoms with van der Waals surface area (Å²) in [7, 11) is -4.72. The molecule has 25 heteroatoms. The third-order valence-corrected chi connectivity index (χ3v) is 28.6. The zero-order chi connectivity index (χ0) is 68.7. The van der Waals surface area contributed by atoms with Crippen molar-refractivity contribution >= 4 is 44.8 Å². The van der Waals surface area contributed by atoms with Gasteiger partial charge in [0, 0.05) is 29.4 Å². The third kappa shape index (κ3) is 15.2. The van der Waals surface area contributed by atoms with E-state index in [0.717, 1.165) is 20.8 Å². The first-order valence-corrected chi connectivity index (χ1v) is 37.5. The van der Waals surface area contributed by atoms with Crippen LogP contribution in [-0.4, -0.2) is 158 Å². The standard InChI is InChI=1S/C72H85N7O16Si2/c1-45(80)89-60-55(44-88-97(72(5,6)7,49-34-22-14-23-35-49)50-36-24-15-25-37-50)90-68(83-8)57(76-78-74)63(60)95-69-56(75-77-73)62(84-40-46-28-16-11-17-29-46)59(54(91-69)43-87-96(9,10)71(2,3)4)94-70-58(79-65(81)51-38-26-27-39-52(51)66(79)82)64(85-41-47-30-18-12-19-31-47)61-53(92-70)42-86-67(93-61)48-32-20-13-21-33-48/h11-39,53-64,67-70H,40-44H2,1-10H3/t53-,54-,55+,56+,57+,58-,59-,60-,61-,62-,63+,64-,67?,68+,69+,70+/m1/s1. The van der Waals surface area contributed by atoms with Crippen LogP contribution in [0.1, 0.15) is 92.2 Å². The number of esters is 1. The molecule has 0 saturated carbocycles. The number of hydrogen-bond acceptors (Lipinski definition) is 18. The number of rotatable bonds is 24. The number of ether oxygens (including phenoxy) is 11. The Morgan fingerprint density at radius 3 is 1.56 bits per heavy atom. The van der Waals surface area contributed by atoms with Crippen LogP contribution in [0.5, 0.6) is 0 Å². The first kappa shape index (κ1) is 70.8. The smallest absolute Gasteiger partial charge is 0.303 e. The molecule has 6 aromatic rings. The Bertz CT molecular complexity index is 3660. The van der Waals surface area contributed by atoms with Gasteiger partial charge in [-0.3, -0.25) is 19.3 Å². The summed E-state index contributed by atoms with van der Waals surface area (Å²) in [5, 5.41) is 9.71. The number of imide groups is 1. The predicted molar refractivity (Wildman–Crippen MR) is 362 cm³/mol. The van der Waals surface area contributed by atoms with E-state index >= 15 is 9.59 Å². The maximum Gasteiger partial charge on any atom is 0.303 e. The van der Waals surface area contributed by atoms with E-state index in [9.17, 15) is 15.9 Å². The molecule has 0 bridgehead atoms. The van der Waals surface area contributed by atoms with Gasteiger partial charge in [0.1, 0.15) is 67.0 Å². The lowest BCUT2D eigenvalue weighted by molar-refractivity contribution is -0.378. The molecule has 0 radical (unpaired) electrons. The number of fused-ring (bicyclic) bond motifs is 2. The zero-order valence-electron chi connectivity index (χ0n) is 56.2. The van der Waals surface area contributed by atoms with Crippen molar-refractivity contribution in [1.82, 2.24) is 4.90 Å². The quantitative estimate of drug-likeness (QED) is 0.0136. The lowest BCUT2D eigenvalue weighted by Crippen LogP contribution is -2.70. The molecule has 0 aliphatic carbocycles. The van der Waals surface area contributed by atoms with Crippen LogP contribution in [0.15, 0.2) is 186 Å². The Labute approximate surface area is 567 Å². The molecule has 512 valence electrons. The van der Waals surface area contributed by atoms with E-state index in [-0.39, 0.29) is 49.2 Å². The minimum atomic E-state index is -3.34. The predicted octanol–water partition coefficient (Wildman–Crippen LogP) is 11.4. The number of methoxy groups -OCH3 is 1. The number of carbonyl (C=O) groups excluding carboxylic acids is 3. The highest BCUT2D eigenvalue weighted by molar-refractivity contribution is 6.99. The van der Waals surface area contributed by atoms with Crippen LogP contribution in [0.2, 0.25) is 23.2 Å². The van der Waals surface area contributed by atoms with Crippen molar-refractivity contribution in [2.75, 3.05) is 26.9 Å². The summed E-state index contributed by atoms with van der Waals surface area (Å²) in [6.45, 7) is 17.5. The average Bonchev–Trinajstić information content (AvgIpc) is 1.73. The van der Waals surface area contributed by atoms with Gasteiger partial charge in [0.15, 0.2) is 39.6 Å². The van der Waals surface area contributed by atoms with Crippen LogP contribution in [0, 0.1) is 0 Å². The number of carbonyl (C=O) groups is 3. The monoisotopic (exact) mass is 1360 g/mol. The molecule has 0 aromatic heterocycles. The molecule has 4 fully saturated rings. The number of amides is 2. The largest absolute Gasteiger partial charge is 0.457 e. The second kappa shape index (κ2) is 30.7. The van der Waals surface area contributed by atoms with E-state index in [4.69, 9.17) is 61.0 Å². The second-order valence-electron chi connectivity index (χ2n) is 27.3. The molecule has 5 aliphatic heterocycles. The van der Waals surface area contributed by atoms with E-state index < -0.39 is 138 Å². The van der Waals surface area contributed by atoms with E-state index in [1.165, 1.54) is 14.0 Å². The molecule has 0 N–H and O–H groups in total. The Hall–Kier alpha value is -7.50. The van der Waals surface area contributed by atoms with Crippen molar-refractivity contribution in [2.45, 2.75) is 183 Å². The zero-order valence-corrected chi connectivity index (χ0v) is 58.2. The van der Waals surface area contributed by atoms with Crippen molar-refractivity contribution in [3.8, 4) is 0 Å². The van der Waals surface area contributed by atoms with Crippen LogP contribution >= 0.6 is 0 Å². The van der Waals surface area contributed by atoms with Crippen molar-refractivity contribution in [2.24, 2.45) is 10.2 Å². The molecule has 0 spiro atoms. The summed E-state index contributed by atoms with van der Waals surface area (Å²) in [6.07, 6.45) is -16.8. The Kier molecular flexibility index (Phi) is 22.4. The van der Waals surface area contributed by atoms with Crippen LogP contribution in [0.25, 0.3) is 20.9 Å². The Morgan fingerprint density at radius 1 is 0.567 bits per heavy atom. The molecule has 1 unspecified atom stereocenters. The Balaban J connectivity index is 1.03. The van der Waals surface area contributed by atoms with Crippen LogP contribution in [0.4, 0.5) is 0 Å². The fraction of sp³-hybridized carbons (Fsp3) is 0.458. The summed E-state index contributed by atoms with van der Waals surface area (Å²) in [5.41, 5.74) is 23.8. The normalized spacial score (nSPS) is 28.4. The molecule has 4 saturated heterocycles. The van der Waals surface area contributed by atoms with Gasteiger partial charge in [0.2, 0.25) is 0 Å². The molecule has 97 heavy (non-hydrogen) atoms. The van der Waals surface area contributed by atoms with Gasteiger partial charge in [-0.15, -0.1) is 0 Å². The number of nitrogens with zero attached hydrogens (tertiary/aromatic N) is 7. The molecule has 23 nitrogen and oxygen atoms in total. The van der Waals surface area contributed by atoms with Crippen LogP contribution in [-0.2, 0) is 79.0 Å². The fourth-order valence-electron chi connectivity index (χ4n) is 13.3. The highest BCUT2D eigenvalue weighted by atomic mass is 28.4. The molecule has 2 amide bonds. The van der Waals surface area contributed by atoms with Gasteiger partial charge < -0.3 is 61.0 Å². The van der Waals surface area contributed by atoms with E-state index in [2.05, 4.69) is 74.7 Å². The Morgan fingerprint density at radius 2 is 1.04 bits per heavy atom. The van der Waals surface area contributed by atoms with Crippen molar-refractivity contribution < 1.29 is 75.3 Å². The minimum absolute atomic E-state index is 0.00535. The molecular weight excluding hydrogens is 1270 g/mol. The van der Waals surface area contributed by atoms with Crippen molar-refractivity contribution in [1.29, 1.82) is 0 Å². The SMILES string of the molecule is CO[C@H]1O[C@@H](CO[Si](c2ccccc2)(c2ccccc2)C(C)(C)C)[C@@H](OC(C)=O)[C@@H](O[C@@H]2O[C@H](CO[Si](C)(C)C(C)(C)C)[C@@H](O[C@@H]3O[C@@H]4COC(c5ccccc5)O[C@H]4[C@H](OCc4ccccc4)[C@H]3N3C(=O)c4ccccc4C3=O)[C@H](OCc3ccccc3)[C@@H]2N=[N+]=[N-])[C@@H]1N=[N+]=[N-]. The summed E-state index contributed by atoms with van der Waals surface area (Å²) in [6, 6.07) is 50.3. The third-order valence-electron chi connectivity index (χ3n) is 19.1. The first-order valence-electron chi connectivity index (χ1n) is 32.7. The summed E-state index contributed by atoms with van der Waals surface area (Å²) < 4.78 is 90.2. The van der Waals surface area contributed by atoms with E-state index in [0.29, 0.717) is 11.1 Å². The average molecular weight is 1360 g/mol. The van der Waals surface area contributed by atoms with E-state index in [1.807, 2.05) is 152 Å². The maximum atomic E-state index is 15.2. The highest BCUT2D eigenvalue weighted by Gasteiger charge is 2.61. The highest BCUT2D eigenvalue weighted by Crippen LogP contribution is 2.45. The molecule has 5 heterocycles. The van der Waals surface area contributed by atoms with Gasteiger partial charge in [0.05, 0.1) is 44.2 Å². The van der Waals surface area contributed by atoms with Crippen LogP contribution in [0.3, 0.4) is 0 Å².